The van der Waals surface area contributed by atoms with E-state index in [1.807, 2.05) is 0 Å². The number of alkyl halides is 7. The molecule has 1 heterocycles. The van der Waals surface area contributed by atoms with Crippen LogP contribution in [0.2, 0.25) is 5.02 Å². The van der Waals surface area contributed by atoms with E-state index in [4.69, 9.17) is 11.6 Å². The van der Waals surface area contributed by atoms with Crippen molar-refractivity contribution in [3.63, 3.8) is 0 Å². The number of rotatable bonds is 7. The Balaban J connectivity index is 1.58. The number of benzene rings is 3. The third-order valence-electron chi connectivity index (χ3n) is 6.01. The van der Waals surface area contributed by atoms with Gasteiger partial charge in [0.2, 0.25) is 0 Å². The molecule has 3 aromatic carbocycles. The summed E-state index contributed by atoms with van der Waals surface area (Å²) < 4.78 is 91.1. The van der Waals surface area contributed by atoms with Crippen LogP contribution in [0.15, 0.2) is 84.0 Å². The van der Waals surface area contributed by atoms with Crippen molar-refractivity contribution in [3.8, 4) is 11.3 Å². The van der Waals surface area contributed by atoms with Crippen molar-refractivity contribution < 1.29 is 40.3 Å². The molecule has 0 saturated carbocycles. The fraction of sp³-hybridized carbons (Fsp3) is 0.143. The molecule has 42 heavy (non-hydrogen) atoms. The zero-order chi connectivity index (χ0) is 30.9. The number of amides is 2. The number of halogens is 8. The van der Waals surface area contributed by atoms with Gasteiger partial charge in [-0.2, -0.15) is 35.8 Å². The topological polar surface area (TPSA) is 83.4 Å². The van der Waals surface area contributed by atoms with Crippen molar-refractivity contribution in [2.45, 2.75) is 24.9 Å². The Morgan fingerprint density at radius 2 is 1.52 bits per heavy atom. The number of aromatic nitrogens is 1. The molecule has 6 nitrogen and oxygen atoms in total. The third-order valence-corrected chi connectivity index (χ3v) is 6.34. The Morgan fingerprint density at radius 3 is 2.21 bits per heavy atom. The summed E-state index contributed by atoms with van der Waals surface area (Å²) >= 11 is 6.31. The standard InChI is InChI=1S/C28H18ClF7N4O2/c1-15(16-7-6-8-17(13-16)37-25(42)26(30,31)27(32,33)28(34,35)36)39-40-24(41)20-14-23(19-10-2-4-11-21(19)29)38-22-12-5-3-9-18(20)22/h2-14H,1H3,(H,37,42)(H,40,41)/b39-15-. The molecule has 0 fully saturated rings. The van der Waals surface area contributed by atoms with E-state index in [-0.39, 0.29) is 16.8 Å². The van der Waals surface area contributed by atoms with Crippen molar-refractivity contribution in [2.24, 2.45) is 5.10 Å². The number of hydrogen-bond acceptors (Lipinski definition) is 4. The molecule has 2 N–H and O–H groups in total. The van der Waals surface area contributed by atoms with E-state index in [0.717, 1.165) is 12.1 Å². The molecule has 4 rings (SSSR count). The number of fused-ring (bicyclic) bond motifs is 1. The van der Waals surface area contributed by atoms with Gasteiger partial charge in [-0.25, -0.2) is 10.4 Å². The second kappa shape index (κ2) is 11.4. The maximum Gasteiger partial charge on any atom is 0.460 e. The molecule has 0 aliphatic heterocycles. The number of nitrogens with zero attached hydrogens (tertiary/aromatic N) is 2. The Morgan fingerprint density at radius 1 is 0.857 bits per heavy atom. The van der Waals surface area contributed by atoms with E-state index in [1.165, 1.54) is 30.4 Å². The number of hydrogen-bond donors (Lipinski definition) is 2. The van der Waals surface area contributed by atoms with Crippen LogP contribution in [0.5, 0.6) is 0 Å². The van der Waals surface area contributed by atoms with Crippen LogP contribution in [-0.2, 0) is 4.79 Å². The molecule has 0 spiro atoms. The van der Waals surface area contributed by atoms with Gasteiger partial charge in [-0.15, -0.1) is 0 Å². The minimum Gasteiger partial charge on any atom is -0.321 e. The van der Waals surface area contributed by atoms with Crippen molar-refractivity contribution in [3.05, 3.63) is 95.0 Å². The molecule has 4 aromatic rings. The first-order valence-electron chi connectivity index (χ1n) is 11.9. The quantitative estimate of drug-likeness (QED) is 0.129. The summed E-state index contributed by atoms with van der Waals surface area (Å²) in [5.41, 5.74) is 3.74. The maximum atomic E-state index is 13.7. The predicted octanol–water partition coefficient (Wildman–Crippen LogP) is 7.48. The van der Waals surface area contributed by atoms with Gasteiger partial charge in [0.15, 0.2) is 0 Å². The third kappa shape index (κ3) is 5.91. The van der Waals surface area contributed by atoms with Gasteiger partial charge in [-0.05, 0) is 42.8 Å². The van der Waals surface area contributed by atoms with Crippen LogP contribution < -0.4 is 10.7 Å². The molecule has 0 radical (unpaired) electrons. The van der Waals surface area contributed by atoms with Crippen LogP contribution in [0.1, 0.15) is 22.8 Å². The van der Waals surface area contributed by atoms with Crippen LogP contribution in [0.4, 0.5) is 36.4 Å². The van der Waals surface area contributed by atoms with E-state index < -0.39 is 35.5 Å². The first-order chi connectivity index (χ1) is 19.6. The van der Waals surface area contributed by atoms with Crippen molar-refractivity contribution in [1.82, 2.24) is 10.4 Å². The summed E-state index contributed by atoms with van der Waals surface area (Å²) in [4.78, 5) is 29.4. The summed E-state index contributed by atoms with van der Waals surface area (Å²) in [5, 5.41) is 6.25. The van der Waals surface area contributed by atoms with Crippen LogP contribution in [0.25, 0.3) is 22.2 Å². The molecule has 0 aliphatic rings. The zero-order valence-corrected chi connectivity index (χ0v) is 22.0. The van der Waals surface area contributed by atoms with Gasteiger partial charge in [0, 0.05) is 21.7 Å². The molecule has 0 saturated heterocycles. The average Bonchev–Trinajstić information content (AvgIpc) is 2.94. The van der Waals surface area contributed by atoms with Crippen LogP contribution in [0.3, 0.4) is 0 Å². The number of nitrogens with one attached hydrogen (secondary N) is 2. The number of carbonyl (C=O) groups is 2. The number of carbonyl (C=O) groups excluding carboxylic acids is 2. The molecular weight excluding hydrogens is 593 g/mol. The Hall–Kier alpha value is -4.52. The lowest BCUT2D eigenvalue weighted by molar-refractivity contribution is -0.343. The lowest BCUT2D eigenvalue weighted by Crippen LogP contribution is -2.57. The zero-order valence-electron chi connectivity index (χ0n) is 21.2. The van der Waals surface area contributed by atoms with Crippen LogP contribution in [-0.4, -0.2) is 40.5 Å². The normalized spacial score (nSPS) is 12.7. The smallest absolute Gasteiger partial charge is 0.321 e. The summed E-state index contributed by atoms with van der Waals surface area (Å²) in [6.07, 6.45) is -6.66. The highest BCUT2D eigenvalue weighted by Crippen LogP contribution is 2.47. The van der Waals surface area contributed by atoms with E-state index in [1.54, 1.807) is 48.5 Å². The Bertz CT molecular complexity index is 1710. The second-order valence-electron chi connectivity index (χ2n) is 8.87. The summed E-state index contributed by atoms with van der Waals surface area (Å²) in [7, 11) is 0. The average molecular weight is 611 g/mol. The maximum absolute atomic E-state index is 13.7. The highest BCUT2D eigenvalue weighted by Gasteiger charge is 2.76. The number of anilines is 1. The second-order valence-corrected chi connectivity index (χ2v) is 9.28. The molecule has 0 atom stereocenters. The lowest BCUT2D eigenvalue weighted by atomic mass is 10.0. The van der Waals surface area contributed by atoms with Gasteiger partial charge in [-0.1, -0.05) is 60.1 Å². The van der Waals surface area contributed by atoms with Crippen molar-refractivity contribution in [2.75, 3.05) is 5.32 Å². The van der Waals surface area contributed by atoms with E-state index in [0.29, 0.717) is 27.2 Å². The Kier molecular flexibility index (Phi) is 8.26. The molecule has 14 heteroatoms. The van der Waals surface area contributed by atoms with Gasteiger partial charge >= 0.3 is 23.9 Å². The molecule has 1 aromatic heterocycles. The van der Waals surface area contributed by atoms with Gasteiger partial charge < -0.3 is 5.32 Å². The number of hydrazone groups is 1. The van der Waals surface area contributed by atoms with Crippen LogP contribution in [0, 0.1) is 0 Å². The minimum absolute atomic E-state index is 0.0801. The number of para-hydroxylation sites is 1. The van der Waals surface area contributed by atoms with Crippen LogP contribution >= 0.6 is 11.6 Å². The minimum atomic E-state index is -6.66. The molecule has 2 amide bonds. The Labute approximate surface area is 238 Å². The highest BCUT2D eigenvalue weighted by atomic mass is 35.5. The van der Waals surface area contributed by atoms with Gasteiger partial charge in [0.25, 0.3) is 5.91 Å². The monoisotopic (exact) mass is 610 g/mol. The molecule has 218 valence electrons. The number of pyridine rings is 1. The molecule has 0 aliphatic carbocycles. The molecule has 0 bridgehead atoms. The fourth-order valence-corrected chi connectivity index (χ4v) is 4.01. The van der Waals surface area contributed by atoms with Gasteiger partial charge in [0.1, 0.15) is 0 Å². The predicted molar refractivity (Wildman–Crippen MR) is 143 cm³/mol. The van der Waals surface area contributed by atoms with Gasteiger partial charge in [0.05, 0.1) is 22.5 Å². The van der Waals surface area contributed by atoms with E-state index in [9.17, 15) is 40.3 Å². The van der Waals surface area contributed by atoms with E-state index in [2.05, 4.69) is 15.5 Å². The highest BCUT2D eigenvalue weighted by molar-refractivity contribution is 6.33. The molecule has 0 unspecified atom stereocenters. The largest absolute Gasteiger partial charge is 0.460 e. The van der Waals surface area contributed by atoms with Gasteiger partial charge in [-0.3, -0.25) is 9.59 Å². The molecular formula is C28H18ClF7N4O2. The summed E-state index contributed by atoms with van der Waals surface area (Å²) in [6, 6.07) is 19.8. The summed E-state index contributed by atoms with van der Waals surface area (Å²) in [5.74, 6) is -16.2. The first kappa shape index (κ1) is 30.4. The lowest BCUT2D eigenvalue weighted by Gasteiger charge is -2.27. The summed E-state index contributed by atoms with van der Waals surface area (Å²) in [6.45, 7) is 1.40. The van der Waals surface area contributed by atoms with Crippen molar-refractivity contribution >= 4 is 45.7 Å². The fourth-order valence-electron chi connectivity index (χ4n) is 3.78. The SMILES string of the molecule is C/C(=N/NC(=O)c1cc(-c2ccccc2Cl)nc2ccccc12)c1cccc(NC(=O)C(F)(F)C(F)(F)C(F)(F)F)c1. The first-order valence-corrected chi connectivity index (χ1v) is 12.2. The van der Waals surface area contributed by atoms with Crippen molar-refractivity contribution in [1.29, 1.82) is 0 Å². The van der Waals surface area contributed by atoms with E-state index >= 15 is 0 Å².